The number of nitrogens with zero attached hydrogens (tertiary/aromatic N) is 1. The van der Waals surface area contributed by atoms with Crippen molar-refractivity contribution in [1.29, 1.82) is 0 Å². The molecular formula is C19H26N4O. The monoisotopic (exact) mass is 326 g/mol. The molecule has 1 unspecified atom stereocenters. The molecule has 3 rings (SSSR count). The van der Waals surface area contributed by atoms with Crippen molar-refractivity contribution in [2.75, 3.05) is 18.4 Å². The van der Waals surface area contributed by atoms with E-state index < -0.39 is 0 Å². The second-order valence-corrected chi connectivity index (χ2v) is 6.30. The molecule has 1 aromatic heterocycles. The van der Waals surface area contributed by atoms with Crippen LogP contribution in [0.15, 0.2) is 35.9 Å². The van der Waals surface area contributed by atoms with Gasteiger partial charge in [0.05, 0.1) is 6.04 Å². The van der Waals surface area contributed by atoms with Crippen LogP contribution in [0.2, 0.25) is 0 Å². The fourth-order valence-corrected chi connectivity index (χ4v) is 3.21. The minimum absolute atomic E-state index is 0.106. The van der Waals surface area contributed by atoms with E-state index in [1.165, 1.54) is 17.6 Å². The van der Waals surface area contributed by atoms with Gasteiger partial charge in [-0.15, -0.1) is 0 Å². The van der Waals surface area contributed by atoms with E-state index in [1.54, 1.807) is 0 Å². The molecule has 0 fully saturated rings. The van der Waals surface area contributed by atoms with Crippen LogP contribution in [0.25, 0.3) is 0 Å². The van der Waals surface area contributed by atoms with Crippen LogP contribution in [-0.4, -0.2) is 30.1 Å². The standard InChI is InChI=1S/C19H26N4O/c1-2-14-6-3-4-8-17(14)23-19(24)21-13-11-16-10-9-15-7-5-12-20-18(15)22-16/h3-4,6,9-10,17H,2,5,7-8,11-13H2,1H3,(H,20,22)(H2,21,23,24). The quantitative estimate of drug-likeness (QED) is 0.779. The first-order valence-electron chi connectivity index (χ1n) is 8.89. The van der Waals surface area contributed by atoms with Gasteiger partial charge in [0.15, 0.2) is 0 Å². The minimum Gasteiger partial charge on any atom is -0.370 e. The number of carbonyl (C=O) groups is 1. The Bertz CT molecular complexity index is 651. The zero-order valence-electron chi connectivity index (χ0n) is 14.3. The largest absolute Gasteiger partial charge is 0.370 e. The van der Waals surface area contributed by atoms with Gasteiger partial charge in [-0.1, -0.05) is 31.2 Å². The van der Waals surface area contributed by atoms with Gasteiger partial charge in [-0.25, -0.2) is 9.78 Å². The Labute approximate surface area is 143 Å². The molecule has 2 amide bonds. The Kier molecular flexibility index (Phi) is 5.51. The van der Waals surface area contributed by atoms with Gasteiger partial charge >= 0.3 is 6.03 Å². The van der Waals surface area contributed by atoms with Gasteiger partial charge in [-0.05, 0) is 42.9 Å². The predicted octanol–water partition coefficient (Wildman–Crippen LogP) is 2.95. The van der Waals surface area contributed by atoms with E-state index in [9.17, 15) is 4.79 Å². The zero-order chi connectivity index (χ0) is 16.8. The molecule has 24 heavy (non-hydrogen) atoms. The van der Waals surface area contributed by atoms with Crippen molar-refractivity contribution in [1.82, 2.24) is 15.6 Å². The summed E-state index contributed by atoms with van der Waals surface area (Å²) in [6, 6.07) is 4.23. The molecule has 5 heteroatoms. The lowest BCUT2D eigenvalue weighted by Crippen LogP contribution is -2.43. The number of hydrogen-bond donors (Lipinski definition) is 3. The predicted molar refractivity (Wildman–Crippen MR) is 97.2 cm³/mol. The molecule has 0 saturated carbocycles. The molecule has 0 spiro atoms. The molecule has 2 aliphatic rings. The molecular weight excluding hydrogens is 300 g/mol. The van der Waals surface area contributed by atoms with Crippen molar-refractivity contribution in [3.63, 3.8) is 0 Å². The van der Waals surface area contributed by atoms with Crippen LogP contribution in [0.1, 0.15) is 37.4 Å². The van der Waals surface area contributed by atoms with Crippen LogP contribution in [0.5, 0.6) is 0 Å². The van der Waals surface area contributed by atoms with Crippen molar-refractivity contribution in [2.45, 2.75) is 45.1 Å². The fraction of sp³-hybridized carbons (Fsp3) is 0.474. The average Bonchev–Trinajstić information content (AvgIpc) is 2.62. The highest BCUT2D eigenvalue weighted by atomic mass is 16.2. The number of urea groups is 1. The van der Waals surface area contributed by atoms with Gasteiger partial charge in [-0.2, -0.15) is 0 Å². The number of allylic oxidation sites excluding steroid dienone is 2. The number of nitrogens with one attached hydrogen (secondary N) is 3. The fourth-order valence-electron chi connectivity index (χ4n) is 3.21. The molecule has 1 aliphatic heterocycles. The van der Waals surface area contributed by atoms with Crippen LogP contribution in [0.4, 0.5) is 10.6 Å². The van der Waals surface area contributed by atoms with Crippen molar-refractivity contribution in [3.05, 3.63) is 47.2 Å². The summed E-state index contributed by atoms with van der Waals surface area (Å²) in [5, 5.41) is 9.34. The van der Waals surface area contributed by atoms with Gasteiger partial charge in [-0.3, -0.25) is 0 Å². The average molecular weight is 326 g/mol. The first-order chi connectivity index (χ1) is 11.8. The summed E-state index contributed by atoms with van der Waals surface area (Å²) in [5.41, 5.74) is 3.58. The van der Waals surface area contributed by atoms with Crippen molar-refractivity contribution in [3.8, 4) is 0 Å². The molecule has 0 bridgehead atoms. The lowest BCUT2D eigenvalue weighted by atomic mass is 9.97. The molecule has 0 radical (unpaired) electrons. The molecule has 0 saturated heterocycles. The first-order valence-corrected chi connectivity index (χ1v) is 8.89. The molecule has 2 heterocycles. The maximum atomic E-state index is 12.1. The maximum absolute atomic E-state index is 12.1. The third-order valence-corrected chi connectivity index (χ3v) is 4.60. The van der Waals surface area contributed by atoms with Crippen LogP contribution in [0, 0.1) is 0 Å². The number of pyridine rings is 1. The minimum atomic E-state index is -0.106. The summed E-state index contributed by atoms with van der Waals surface area (Å²) in [6.07, 6.45) is 11.1. The van der Waals surface area contributed by atoms with Crippen LogP contribution >= 0.6 is 0 Å². The molecule has 5 nitrogen and oxygen atoms in total. The van der Waals surface area contributed by atoms with Crippen molar-refractivity contribution < 1.29 is 4.79 Å². The third kappa shape index (κ3) is 4.16. The number of hydrogen-bond acceptors (Lipinski definition) is 3. The summed E-state index contributed by atoms with van der Waals surface area (Å²) >= 11 is 0. The number of rotatable bonds is 5. The Balaban J connectivity index is 1.45. The summed E-state index contributed by atoms with van der Waals surface area (Å²) in [6.45, 7) is 3.70. The molecule has 128 valence electrons. The topological polar surface area (TPSA) is 66.0 Å². The van der Waals surface area contributed by atoms with Crippen LogP contribution in [0.3, 0.4) is 0 Å². The summed E-state index contributed by atoms with van der Waals surface area (Å²) in [7, 11) is 0. The lowest BCUT2D eigenvalue weighted by molar-refractivity contribution is 0.238. The van der Waals surface area contributed by atoms with E-state index in [2.05, 4.69) is 58.2 Å². The number of amides is 2. The summed E-state index contributed by atoms with van der Waals surface area (Å²) in [5.74, 6) is 1.01. The van der Waals surface area contributed by atoms with Crippen LogP contribution in [-0.2, 0) is 12.8 Å². The van der Waals surface area contributed by atoms with Crippen molar-refractivity contribution >= 4 is 11.8 Å². The van der Waals surface area contributed by atoms with Gasteiger partial charge in [0, 0.05) is 25.2 Å². The first kappa shape index (κ1) is 16.6. The van der Waals surface area contributed by atoms with E-state index >= 15 is 0 Å². The van der Waals surface area contributed by atoms with Gasteiger partial charge in [0.25, 0.3) is 0 Å². The Morgan fingerprint density at radius 3 is 3.21 bits per heavy atom. The lowest BCUT2D eigenvalue weighted by Gasteiger charge is -2.22. The zero-order valence-corrected chi connectivity index (χ0v) is 14.3. The Morgan fingerprint density at radius 2 is 2.33 bits per heavy atom. The second kappa shape index (κ2) is 7.99. The number of fused-ring (bicyclic) bond motifs is 1. The Morgan fingerprint density at radius 1 is 1.42 bits per heavy atom. The van der Waals surface area contributed by atoms with Gasteiger partial charge in [0.1, 0.15) is 5.82 Å². The summed E-state index contributed by atoms with van der Waals surface area (Å²) < 4.78 is 0. The van der Waals surface area contributed by atoms with Gasteiger partial charge < -0.3 is 16.0 Å². The second-order valence-electron chi connectivity index (χ2n) is 6.30. The molecule has 3 N–H and O–H groups in total. The number of aryl methyl sites for hydroxylation is 1. The maximum Gasteiger partial charge on any atom is 0.315 e. The molecule has 1 atom stereocenters. The highest BCUT2D eigenvalue weighted by Crippen LogP contribution is 2.19. The van der Waals surface area contributed by atoms with E-state index in [1.807, 2.05) is 0 Å². The van der Waals surface area contributed by atoms with Crippen LogP contribution < -0.4 is 16.0 Å². The third-order valence-electron chi connectivity index (χ3n) is 4.60. The van der Waals surface area contributed by atoms with E-state index in [0.29, 0.717) is 6.54 Å². The molecule has 0 aromatic carbocycles. The molecule has 1 aromatic rings. The highest BCUT2D eigenvalue weighted by molar-refractivity contribution is 5.74. The highest BCUT2D eigenvalue weighted by Gasteiger charge is 2.16. The SMILES string of the molecule is CCC1=CC=CCC1NC(=O)NCCc1ccc2c(n1)NCCC2. The van der Waals surface area contributed by atoms with E-state index in [4.69, 9.17) is 0 Å². The number of anilines is 1. The normalized spacial score (nSPS) is 19.0. The van der Waals surface area contributed by atoms with Crippen molar-refractivity contribution in [2.24, 2.45) is 0 Å². The molecule has 1 aliphatic carbocycles. The Hall–Kier alpha value is -2.30. The number of aromatic nitrogens is 1. The summed E-state index contributed by atoms with van der Waals surface area (Å²) in [4.78, 5) is 16.7. The van der Waals surface area contributed by atoms with E-state index in [0.717, 1.165) is 43.7 Å². The number of carbonyl (C=O) groups excluding carboxylic acids is 1. The smallest absolute Gasteiger partial charge is 0.315 e. The van der Waals surface area contributed by atoms with E-state index in [-0.39, 0.29) is 12.1 Å². The van der Waals surface area contributed by atoms with Gasteiger partial charge in [0.2, 0.25) is 0 Å².